The molecule has 1 atom stereocenters. The number of methoxy groups -OCH3 is 1. The first-order valence-corrected chi connectivity index (χ1v) is 10.0. The molecule has 0 saturated carbocycles. The third kappa shape index (κ3) is 4.20. The Morgan fingerprint density at radius 3 is 2.47 bits per heavy atom. The van der Waals surface area contributed by atoms with Gasteiger partial charge in [-0.15, -0.1) is 0 Å². The van der Waals surface area contributed by atoms with Crippen LogP contribution in [0.5, 0.6) is 5.75 Å². The van der Waals surface area contributed by atoms with E-state index in [1.807, 2.05) is 38.1 Å². The van der Waals surface area contributed by atoms with Gasteiger partial charge in [-0.3, -0.25) is 9.59 Å². The molecule has 0 radical (unpaired) electrons. The standard InChI is InChI=1S/C23H24ClNO5/c1-4-30-18-10-9-16(13-17(18)24)21(26)19-20(15-7-5-14(2)6-8-15)25(11-12-29-3)23(28)22(19)27/h5-10,13,20,26H,4,11-12H2,1-3H3. The molecule has 1 aliphatic rings. The number of aliphatic hydroxyl groups excluding tert-OH is 1. The predicted molar refractivity (Wildman–Crippen MR) is 115 cm³/mol. The second-order valence-corrected chi connectivity index (χ2v) is 7.38. The molecule has 0 aliphatic carbocycles. The van der Waals surface area contributed by atoms with Crippen LogP contribution in [0.1, 0.15) is 29.7 Å². The van der Waals surface area contributed by atoms with Crippen molar-refractivity contribution in [2.24, 2.45) is 0 Å². The molecule has 1 fully saturated rings. The molecule has 1 saturated heterocycles. The van der Waals surface area contributed by atoms with Crippen molar-refractivity contribution < 1.29 is 24.2 Å². The highest BCUT2D eigenvalue weighted by Gasteiger charge is 2.45. The number of ether oxygens (including phenoxy) is 2. The zero-order valence-electron chi connectivity index (χ0n) is 17.1. The SMILES string of the molecule is CCOc1ccc(C(O)=C2C(=O)C(=O)N(CCOC)C2c2ccc(C)cc2)cc1Cl. The van der Waals surface area contributed by atoms with Gasteiger partial charge in [-0.1, -0.05) is 41.4 Å². The summed E-state index contributed by atoms with van der Waals surface area (Å²) in [6.07, 6.45) is 0. The minimum Gasteiger partial charge on any atom is -0.507 e. The molecule has 1 N–H and O–H groups in total. The number of benzene rings is 2. The fraction of sp³-hybridized carbons (Fsp3) is 0.304. The van der Waals surface area contributed by atoms with Crippen molar-refractivity contribution in [2.45, 2.75) is 19.9 Å². The van der Waals surface area contributed by atoms with Crippen LogP contribution in [-0.4, -0.2) is 48.6 Å². The third-order valence-corrected chi connectivity index (χ3v) is 5.27. The van der Waals surface area contributed by atoms with E-state index in [2.05, 4.69) is 0 Å². The van der Waals surface area contributed by atoms with Gasteiger partial charge in [0.05, 0.1) is 29.9 Å². The van der Waals surface area contributed by atoms with Crippen LogP contribution < -0.4 is 4.74 Å². The van der Waals surface area contributed by atoms with Crippen molar-refractivity contribution in [2.75, 3.05) is 26.9 Å². The number of Topliss-reactive ketones (excluding diaryl/α,β-unsaturated/α-hetero) is 1. The summed E-state index contributed by atoms with van der Waals surface area (Å²) < 4.78 is 10.5. The van der Waals surface area contributed by atoms with Crippen molar-refractivity contribution in [3.05, 3.63) is 69.8 Å². The summed E-state index contributed by atoms with van der Waals surface area (Å²) in [4.78, 5) is 27.1. The normalized spacial score (nSPS) is 18.1. The molecular formula is C23H24ClNO5. The Kier molecular flexibility index (Phi) is 6.80. The van der Waals surface area contributed by atoms with Crippen molar-refractivity contribution in [3.63, 3.8) is 0 Å². The van der Waals surface area contributed by atoms with Crippen LogP contribution in [0.15, 0.2) is 48.0 Å². The molecule has 7 heteroatoms. The van der Waals surface area contributed by atoms with E-state index in [0.29, 0.717) is 22.9 Å². The van der Waals surface area contributed by atoms with E-state index in [4.69, 9.17) is 21.1 Å². The quantitative estimate of drug-likeness (QED) is 0.407. The van der Waals surface area contributed by atoms with Crippen molar-refractivity contribution in [1.29, 1.82) is 0 Å². The zero-order valence-corrected chi connectivity index (χ0v) is 17.9. The monoisotopic (exact) mass is 429 g/mol. The van der Waals surface area contributed by atoms with Crippen LogP contribution in [0.3, 0.4) is 0 Å². The number of carbonyl (C=O) groups is 2. The highest BCUT2D eigenvalue weighted by Crippen LogP contribution is 2.40. The maximum atomic E-state index is 12.9. The lowest BCUT2D eigenvalue weighted by atomic mass is 9.94. The highest BCUT2D eigenvalue weighted by atomic mass is 35.5. The number of aliphatic hydroxyl groups is 1. The summed E-state index contributed by atoms with van der Waals surface area (Å²) in [7, 11) is 1.53. The zero-order chi connectivity index (χ0) is 21.8. The molecule has 2 aromatic carbocycles. The number of hydrogen-bond acceptors (Lipinski definition) is 5. The number of nitrogens with zero attached hydrogens (tertiary/aromatic N) is 1. The summed E-state index contributed by atoms with van der Waals surface area (Å²) in [5.74, 6) is -1.20. The Labute approximate surface area is 180 Å². The molecule has 2 aromatic rings. The minimum absolute atomic E-state index is 0.0279. The van der Waals surface area contributed by atoms with Gasteiger partial charge in [0.15, 0.2) is 0 Å². The van der Waals surface area contributed by atoms with E-state index in [0.717, 1.165) is 11.1 Å². The van der Waals surface area contributed by atoms with Crippen LogP contribution in [0.4, 0.5) is 0 Å². The lowest BCUT2D eigenvalue weighted by Crippen LogP contribution is -2.32. The van der Waals surface area contributed by atoms with Crippen LogP contribution in [0, 0.1) is 6.92 Å². The van der Waals surface area contributed by atoms with Gasteiger partial charge in [0.2, 0.25) is 0 Å². The molecule has 30 heavy (non-hydrogen) atoms. The van der Waals surface area contributed by atoms with Gasteiger partial charge in [-0.25, -0.2) is 0 Å². The second kappa shape index (κ2) is 9.32. The molecule has 0 aromatic heterocycles. The fourth-order valence-corrected chi connectivity index (χ4v) is 3.71. The summed E-state index contributed by atoms with van der Waals surface area (Å²) >= 11 is 6.25. The molecule has 1 unspecified atom stereocenters. The Hall–Kier alpha value is -2.83. The minimum atomic E-state index is -0.737. The molecule has 158 valence electrons. The summed E-state index contributed by atoms with van der Waals surface area (Å²) in [5, 5.41) is 11.3. The van der Waals surface area contributed by atoms with Crippen molar-refractivity contribution >= 4 is 29.1 Å². The topological polar surface area (TPSA) is 76.1 Å². The van der Waals surface area contributed by atoms with Gasteiger partial charge in [-0.2, -0.15) is 0 Å². The van der Waals surface area contributed by atoms with Gasteiger partial charge in [0.25, 0.3) is 11.7 Å². The molecular weight excluding hydrogens is 406 g/mol. The van der Waals surface area contributed by atoms with E-state index in [1.54, 1.807) is 12.1 Å². The lowest BCUT2D eigenvalue weighted by Gasteiger charge is -2.25. The van der Waals surface area contributed by atoms with Crippen LogP contribution in [0.2, 0.25) is 5.02 Å². The summed E-state index contributed by atoms with van der Waals surface area (Å²) in [6, 6.07) is 11.6. The highest BCUT2D eigenvalue weighted by molar-refractivity contribution is 6.46. The predicted octanol–water partition coefficient (Wildman–Crippen LogP) is 4.12. The maximum absolute atomic E-state index is 12.9. The van der Waals surface area contributed by atoms with Crippen molar-refractivity contribution in [3.8, 4) is 5.75 Å². The average molecular weight is 430 g/mol. The molecule has 1 heterocycles. The molecule has 1 aliphatic heterocycles. The van der Waals surface area contributed by atoms with Crippen LogP contribution >= 0.6 is 11.6 Å². The Morgan fingerprint density at radius 1 is 1.17 bits per heavy atom. The number of amides is 1. The number of carbonyl (C=O) groups excluding carboxylic acids is 2. The van der Waals surface area contributed by atoms with E-state index < -0.39 is 17.7 Å². The second-order valence-electron chi connectivity index (χ2n) is 6.97. The first-order valence-electron chi connectivity index (χ1n) is 9.65. The number of aryl methyl sites for hydroxylation is 1. The number of rotatable bonds is 7. The first kappa shape index (κ1) is 21.9. The number of halogens is 1. The fourth-order valence-electron chi connectivity index (χ4n) is 3.47. The van der Waals surface area contributed by atoms with E-state index in [1.165, 1.54) is 18.1 Å². The van der Waals surface area contributed by atoms with Gasteiger partial charge < -0.3 is 19.5 Å². The number of ketones is 1. The smallest absolute Gasteiger partial charge is 0.295 e. The van der Waals surface area contributed by atoms with E-state index in [-0.39, 0.29) is 24.5 Å². The number of likely N-dealkylation sites (tertiary alicyclic amines) is 1. The lowest BCUT2D eigenvalue weighted by molar-refractivity contribution is -0.140. The Bertz CT molecular complexity index is 984. The largest absolute Gasteiger partial charge is 0.507 e. The van der Waals surface area contributed by atoms with E-state index in [9.17, 15) is 14.7 Å². The molecule has 0 spiro atoms. The first-order chi connectivity index (χ1) is 14.4. The summed E-state index contributed by atoms with van der Waals surface area (Å²) in [6.45, 7) is 4.73. The summed E-state index contributed by atoms with van der Waals surface area (Å²) in [5.41, 5.74) is 2.14. The Morgan fingerprint density at radius 2 is 1.87 bits per heavy atom. The molecule has 1 amide bonds. The molecule has 6 nitrogen and oxygen atoms in total. The van der Waals surface area contributed by atoms with Gasteiger partial charge in [0.1, 0.15) is 11.5 Å². The van der Waals surface area contributed by atoms with Gasteiger partial charge in [0, 0.05) is 19.2 Å². The van der Waals surface area contributed by atoms with Gasteiger partial charge in [-0.05, 0) is 37.6 Å². The number of hydrogen-bond donors (Lipinski definition) is 1. The maximum Gasteiger partial charge on any atom is 0.295 e. The van der Waals surface area contributed by atoms with Crippen LogP contribution in [0.25, 0.3) is 5.76 Å². The average Bonchev–Trinajstić information content (AvgIpc) is 2.98. The molecule has 0 bridgehead atoms. The Balaban J connectivity index is 2.13. The molecule has 3 rings (SSSR count). The van der Waals surface area contributed by atoms with Crippen LogP contribution in [-0.2, 0) is 14.3 Å². The van der Waals surface area contributed by atoms with Gasteiger partial charge >= 0.3 is 0 Å². The third-order valence-electron chi connectivity index (χ3n) is 4.97. The van der Waals surface area contributed by atoms with E-state index >= 15 is 0 Å². The van der Waals surface area contributed by atoms with Crippen molar-refractivity contribution in [1.82, 2.24) is 4.90 Å².